The van der Waals surface area contributed by atoms with E-state index in [2.05, 4.69) is 72.0 Å². The maximum atomic E-state index is 4.27. The summed E-state index contributed by atoms with van der Waals surface area (Å²) >= 11 is 0. The predicted octanol–water partition coefficient (Wildman–Crippen LogP) is 3.93. The molecule has 0 saturated heterocycles. The molecule has 1 rings (SSSR count). The fraction of sp³-hybridized carbons (Fsp3) is 0.471. The molecule has 0 aliphatic rings. The lowest BCUT2D eigenvalue weighted by Gasteiger charge is -2.24. The highest BCUT2D eigenvalue weighted by molar-refractivity contribution is 14.0. The molecule has 0 amide bonds. The van der Waals surface area contributed by atoms with Gasteiger partial charge in [-0.05, 0) is 25.8 Å². The van der Waals surface area contributed by atoms with Gasteiger partial charge in [0.05, 0.1) is 0 Å². The van der Waals surface area contributed by atoms with E-state index >= 15 is 0 Å². The van der Waals surface area contributed by atoms with Crippen molar-refractivity contribution in [2.75, 3.05) is 13.6 Å². The molecular formula is C17H28IN3. The van der Waals surface area contributed by atoms with Gasteiger partial charge in [0.25, 0.3) is 0 Å². The third-order valence-electron chi connectivity index (χ3n) is 3.50. The van der Waals surface area contributed by atoms with E-state index in [1.54, 1.807) is 0 Å². The highest BCUT2D eigenvalue weighted by Crippen LogP contribution is 2.18. The topological polar surface area (TPSA) is 36.4 Å². The summed E-state index contributed by atoms with van der Waals surface area (Å²) in [6.45, 7) is 7.36. The van der Waals surface area contributed by atoms with E-state index in [0.717, 1.165) is 18.9 Å². The molecule has 2 unspecified atom stereocenters. The second-order valence-electron chi connectivity index (χ2n) is 4.99. The van der Waals surface area contributed by atoms with Gasteiger partial charge < -0.3 is 10.6 Å². The average Bonchev–Trinajstić information content (AvgIpc) is 2.50. The van der Waals surface area contributed by atoms with Gasteiger partial charge in [-0.15, -0.1) is 24.0 Å². The molecule has 0 fully saturated rings. The Morgan fingerprint density at radius 3 is 2.48 bits per heavy atom. The zero-order valence-electron chi connectivity index (χ0n) is 13.5. The highest BCUT2D eigenvalue weighted by Gasteiger charge is 2.14. The smallest absolute Gasteiger partial charge is 0.191 e. The number of halogens is 1. The molecule has 1 aromatic rings. The normalized spacial score (nSPS) is 14.4. The molecule has 0 radical (unpaired) electrons. The Labute approximate surface area is 146 Å². The van der Waals surface area contributed by atoms with Crippen LogP contribution in [0.15, 0.2) is 47.5 Å². The minimum atomic E-state index is 0. The maximum absolute atomic E-state index is 4.27. The van der Waals surface area contributed by atoms with E-state index < -0.39 is 0 Å². The monoisotopic (exact) mass is 401 g/mol. The first kappa shape index (κ1) is 20.0. The van der Waals surface area contributed by atoms with E-state index in [-0.39, 0.29) is 24.0 Å². The first-order valence-corrected chi connectivity index (χ1v) is 7.32. The van der Waals surface area contributed by atoms with E-state index in [9.17, 15) is 0 Å². The van der Waals surface area contributed by atoms with Gasteiger partial charge in [0.15, 0.2) is 5.96 Å². The molecule has 21 heavy (non-hydrogen) atoms. The Balaban J connectivity index is 0.00000400. The average molecular weight is 401 g/mol. The zero-order chi connectivity index (χ0) is 14.8. The third-order valence-corrected chi connectivity index (χ3v) is 3.50. The summed E-state index contributed by atoms with van der Waals surface area (Å²) in [5, 5.41) is 6.79. The van der Waals surface area contributed by atoms with Crippen molar-refractivity contribution in [2.45, 2.75) is 39.2 Å². The fourth-order valence-electron chi connectivity index (χ4n) is 2.02. The van der Waals surface area contributed by atoms with Crippen LogP contribution in [0.5, 0.6) is 0 Å². The number of benzene rings is 1. The van der Waals surface area contributed by atoms with Crippen molar-refractivity contribution in [3.8, 4) is 0 Å². The number of rotatable bonds is 6. The number of nitrogens with one attached hydrogen (secondary N) is 2. The first-order chi connectivity index (χ1) is 9.69. The van der Waals surface area contributed by atoms with Gasteiger partial charge in [0.1, 0.15) is 0 Å². The van der Waals surface area contributed by atoms with Crippen molar-refractivity contribution in [3.05, 3.63) is 48.0 Å². The van der Waals surface area contributed by atoms with Crippen LogP contribution in [0.1, 0.15) is 38.7 Å². The standard InChI is InChI=1S/C17H27N3.HI/c1-5-6-10-13-19-17(18-4)20-15(3)14(2)16-11-8-7-9-12-16;/h5-9,11-12,14-15H,10,13H2,1-4H3,(H2,18,19,20);1H/b6-5+;. The predicted molar refractivity (Wildman–Crippen MR) is 104 cm³/mol. The van der Waals surface area contributed by atoms with Crippen molar-refractivity contribution in [3.63, 3.8) is 0 Å². The van der Waals surface area contributed by atoms with Crippen molar-refractivity contribution in [1.82, 2.24) is 10.6 Å². The lowest BCUT2D eigenvalue weighted by atomic mass is 9.94. The van der Waals surface area contributed by atoms with Crippen LogP contribution in [-0.4, -0.2) is 25.6 Å². The zero-order valence-corrected chi connectivity index (χ0v) is 15.8. The van der Waals surface area contributed by atoms with Gasteiger partial charge in [-0.1, -0.05) is 49.4 Å². The number of nitrogens with zero attached hydrogens (tertiary/aromatic N) is 1. The lowest BCUT2D eigenvalue weighted by Crippen LogP contribution is -2.44. The SMILES string of the molecule is C/C=C/CCNC(=NC)NC(C)C(C)c1ccccc1.I. The number of aliphatic imine (C=N–C) groups is 1. The Morgan fingerprint density at radius 2 is 1.90 bits per heavy atom. The molecule has 3 nitrogen and oxygen atoms in total. The van der Waals surface area contributed by atoms with Crippen LogP contribution in [0.4, 0.5) is 0 Å². The molecule has 0 bridgehead atoms. The van der Waals surface area contributed by atoms with Crippen molar-refractivity contribution in [1.29, 1.82) is 0 Å². The van der Waals surface area contributed by atoms with Crippen LogP contribution < -0.4 is 10.6 Å². The van der Waals surface area contributed by atoms with E-state index in [1.807, 2.05) is 14.0 Å². The molecule has 2 atom stereocenters. The second kappa shape index (κ2) is 11.6. The van der Waals surface area contributed by atoms with Crippen LogP contribution in [0.3, 0.4) is 0 Å². The fourth-order valence-corrected chi connectivity index (χ4v) is 2.02. The Hall–Kier alpha value is -1.04. The molecule has 0 saturated carbocycles. The van der Waals surface area contributed by atoms with Gasteiger partial charge in [-0.3, -0.25) is 4.99 Å². The van der Waals surface area contributed by atoms with Crippen LogP contribution in [0.2, 0.25) is 0 Å². The molecule has 118 valence electrons. The van der Waals surface area contributed by atoms with E-state index in [1.165, 1.54) is 5.56 Å². The summed E-state index contributed by atoms with van der Waals surface area (Å²) in [5.74, 6) is 1.30. The van der Waals surface area contributed by atoms with Crippen LogP contribution >= 0.6 is 24.0 Å². The van der Waals surface area contributed by atoms with Crippen molar-refractivity contribution >= 4 is 29.9 Å². The van der Waals surface area contributed by atoms with Gasteiger partial charge in [-0.2, -0.15) is 0 Å². The van der Waals surface area contributed by atoms with Gasteiger partial charge >= 0.3 is 0 Å². The van der Waals surface area contributed by atoms with Gasteiger partial charge in [0, 0.05) is 25.6 Å². The minimum Gasteiger partial charge on any atom is -0.356 e. The number of allylic oxidation sites excluding steroid dienone is 1. The third kappa shape index (κ3) is 7.50. The summed E-state index contributed by atoms with van der Waals surface area (Å²) in [4.78, 5) is 4.27. The Bertz CT molecular complexity index is 429. The molecule has 1 aromatic carbocycles. The highest BCUT2D eigenvalue weighted by atomic mass is 127. The summed E-state index contributed by atoms with van der Waals surface area (Å²) < 4.78 is 0. The van der Waals surface area contributed by atoms with Gasteiger partial charge in [-0.25, -0.2) is 0 Å². The largest absolute Gasteiger partial charge is 0.356 e. The maximum Gasteiger partial charge on any atom is 0.191 e. The first-order valence-electron chi connectivity index (χ1n) is 7.32. The summed E-state index contributed by atoms with van der Waals surface area (Å²) in [6, 6.07) is 10.9. The summed E-state index contributed by atoms with van der Waals surface area (Å²) in [6.07, 6.45) is 5.23. The lowest BCUT2D eigenvalue weighted by molar-refractivity contribution is 0.550. The minimum absolute atomic E-state index is 0. The molecule has 4 heteroatoms. The number of hydrogen-bond donors (Lipinski definition) is 2. The Kier molecular flexibility index (Phi) is 11.0. The quantitative estimate of drug-likeness (QED) is 0.249. The van der Waals surface area contributed by atoms with Gasteiger partial charge in [0.2, 0.25) is 0 Å². The molecule has 0 heterocycles. The summed E-state index contributed by atoms with van der Waals surface area (Å²) in [7, 11) is 1.81. The van der Waals surface area contributed by atoms with Crippen LogP contribution in [0, 0.1) is 0 Å². The second-order valence-corrected chi connectivity index (χ2v) is 4.99. The van der Waals surface area contributed by atoms with Crippen LogP contribution in [0.25, 0.3) is 0 Å². The Morgan fingerprint density at radius 1 is 1.24 bits per heavy atom. The number of guanidine groups is 1. The van der Waals surface area contributed by atoms with Crippen molar-refractivity contribution in [2.24, 2.45) is 4.99 Å². The van der Waals surface area contributed by atoms with E-state index in [4.69, 9.17) is 0 Å². The molecular weight excluding hydrogens is 373 g/mol. The van der Waals surface area contributed by atoms with Crippen molar-refractivity contribution < 1.29 is 0 Å². The summed E-state index contributed by atoms with van der Waals surface area (Å²) in [5.41, 5.74) is 1.34. The van der Waals surface area contributed by atoms with Crippen LogP contribution in [-0.2, 0) is 0 Å². The molecule has 2 N–H and O–H groups in total. The number of hydrogen-bond acceptors (Lipinski definition) is 1. The molecule has 0 aliphatic carbocycles. The molecule has 0 aromatic heterocycles. The van der Waals surface area contributed by atoms with E-state index in [0.29, 0.717) is 12.0 Å². The molecule has 0 aliphatic heterocycles. The molecule has 0 spiro atoms.